The van der Waals surface area contributed by atoms with Crippen molar-refractivity contribution in [2.24, 2.45) is 4.99 Å². The number of halogens is 2. The summed E-state index contributed by atoms with van der Waals surface area (Å²) in [5.74, 6) is 0.149. The highest BCUT2D eigenvalue weighted by atomic mass is 35.5. The zero-order valence-corrected chi connectivity index (χ0v) is 24.1. The van der Waals surface area contributed by atoms with E-state index in [1.165, 1.54) is 11.0 Å². The largest absolute Gasteiger partial charge is 0.511 e. The first-order valence-corrected chi connectivity index (χ1v) is 14.0. The molecule has 1 aromatic heterocycles. The lowest BCUT2D eigenvalue weighted by Gasteiger charge is -2.40. The number of benzene rings is 2. The highest BCUT2D eigenvalue weighted by molar-refractivity contribution is 6.33. The predicted octanol–water partition coefficient (Wildman–Crippen LogP) is 6.63. The summed E-state index contributed by atoms with van der Waals surface area (Å²) in [7, 11) is 3.78. The molecule has 0 spiro atoms. The monoisotopic (exact) mass is 573 g/mol. The Morgan fingerprint density at radius 3 is 2.59 bits per heavy atom. The van der Waals surface area contributed by atoms with Crippen LogP contribution in [0.4, 0.5) is 15.9 Å². The van der Waals surface area contributed by atoms with E-state index in [-0.39, 0.29) is 40.3 Å². The third-order valence-corrected chi connectivity index (χ3v) is 7.85. The second kappa shape index (κ2) is 12.2. The van der Waals surface area contributed by atoms with Crippen molar-refractivity contribution in [3.63, 3.8) is 0 Å². The van der Waals surface area contributed by atoms with Crippen LogP contribution >= 0.6 is 11.6 Å². The number of aliphatic hydroxyl groups excluding tert-OH is 1. The van der Waals surface area contributed by atoms with E-state index in [1.807, 2.05) is 54.6 Å². The van der Waals surface area contributed by atoms with Crippen LogP contribution < -0.4 is 4.90 Å². The number of likely N-dealkylation sites (N-methyl/N-ethyl adjacent to an activating group) is 1. The molecule has 3 aromatic rings. The van der Waals surface area contributed by atoms with Crippen LogP contribution in [0.2, 0.25) is 5.02 Å². The number of pyridine rings is 1. The Morgan fingerprint density at radius 1 is 1.17 bits per heavy atom. The quantitative estimate of drug-likeness (QED) is 0.204. The van der Waals surface area contributed by atoms with E-state index in [0.717, 1.165) is 24.2 Å². The number of carbonyl (C=O) groups excluding carboxylic acids is 1. The van der Waals surface area contributed by atoms with Gasteiger partial charge in [-0.1, -0.05) is 60.1 Å². The Balaban J connectivity index is 1.75. The van der Waals surface area contributed by atoms with Crippen molar-refractivity contribution >= 4 is 40.9 Å². The lowest BCUT2D eigenvalue weighted by molar-refractivity contribution is -0.106. The van der Waals surface area contributed by atoms with Crippen molar-refractivity contribution in [3.05, 3.63) is 94.6 Å². The number of piperazine rings is 1. The Hall–Kier alpha value is -4.01. The van der Waals surface area contributed by atoms with Gasteiger partial charge in [-0.25, -0.2) is 9.37 Å². The number of aliphatic hydroxyl groups is 1. The van der Waals surface area contributed by atoms with E-state index >= 15 is 4.39 Å². The highest BCUT2D eigenvalue weighted by Crippen LogP contribution is 2.41. The van der Waals surface area contributed by atoms with Crippen molar-refractivity contribution in [1.82, 2.24) is 14.8 Å². The van der Waals surface area contributed by atoms with Crippen LogP contribution in [-0.4, -0.2) is 71.9 Å². The maximum atomic E-state index is 15.1. The number of rotatable bonds is 6. The molecule has 1 fully saturated rings. The molecule has 1 amide bonds. The van der Waals surface area contributed by atoms with E-state index in [0.29, 0.717) is 36.5 Å². The van der Waals surface area contributed by atoms with Crippen molar-refractivity contribution in [1.29, 1.82) is 0 Å². The summed E-state index contributed by atoms with van der Waals surface area (Å²) in [4.78, 5) is 28.4. The number of anilines is 2. The number of amides is 1. The van der Waals surface area contributed by atoms with Crippen LogP contribution in [-0.2, 0) is 4.79 Å². The lowest BCUT2D eigenvalue weighted by atomic mass is 9.99. The number of hydrogen-bond acceptors (Lipinski definition) is 5. The fourth-order valence-corrected chi connectivity index (χ4v) is 5.82. The number of hydrogen-bond donors (Lipinski definition) is 1. The van der Waals surface area contributed by atoms with Gasteiger partial charge in [-0.15, -0.1) is 0 Å². The minimum absolute atomic E-state index is 0.0563. The van der Waals surface area contributed by atoms with E-state index in [9.17, 15) is 9.90 Å². The summed E-state index contributed by atoms with van der Waals surface area (Å²) in [6.45, 7) is 4.51. The Labute approximate surface area is 244 Å². The summed E-state index contributed by atoms with van der Waals surface area (Å²) in [5.41, 5.74) is 2.88. The van der Waals surface area contributed by atoms with Gasteiger partial charge in [0.25, 0.3) is 0 Å². The van der Waals surface area contributed by atoms with Crippen molar-refractivity contribution in [3.8, 4) is 11.1 Å². The van der Waals surface area contributed by atoms with Gasteiger partial charge in [0, 0.05) is 44.7 Å². The fourth-order valence-electron chi connectivity index (χ4n) is 5.58. The Kier molecular flexibility index (Phi) is 8.52. The number of allylic oxidation sites excluding steroid dienone is 4. The maximum absolute atomic E-state index is 15.1. The molecular weight excluding hydrogens is 541 g/mol. The zero-order chi connectivity index (χ0) is 29.1. The van der Waals surface area contributed by atoms with Crippen molar-refractivity contribution in [2.45, 2.75) is 25.8 Å². The number of aliphatic imine (C=N–C) groups is 1. The third-order valence-electron chi connectivity index (χ3n) is 7.56. The van der Waals surface area contributed by atoms with Gasteiger partial charge in [0.1, 0.15) is 17.4 Å². The predicted molar refractivity (Wildman–Crippen MR) is 163 cm³/mol. The molecule has 2 heterocycles. The van der Waals surface area contributed by atoms with Crippen LogP contribution in [0.5, 0.6) is 0 Å². The summed E-state index contributed by atoms with van der Waals surface area (Å²) in [6, 6.07) is 19.1. The van der Waals surface area contributed by atoms with Gasteiger partial charge in [0.05, 0.1) is 27.5 Å². The molecule has 5 rings (SSSR count). The molecule has 1 N–H and O–H groups in total. The summed E-state index contributed by atoms with van der Waals surface area (Å²) in [5, 5.41) is 10.8. The average Bonchev–Trinajstić information content (AvgIpc) is 2.97. The van der Waals surface area contributed by atoms with Gasteiger partial charge in [-0.05, 0) is 44.2 Å². The molecule has 2 aromatic carbocycles. The molecule has 1 aliphatic heterocycles. The van der Waals surface area contributed by atoms with E-state index in [2.05, 4.69) is 28.8 Å². The molecular formula is C32H33ClFN5O2. The molecule has 212 valence electrons. The number of para-hydroxylation sites is 1. The molecule has 9 heteroatoms. The second-order valence-electron chi connectivity index (χ2n) is 10.3. The van der Waals surface area contributed by atoms with Crippen molar-refractivity contribution < 1.29 is 14.3 Å². The van der Waals surface area contributed by atoms with Gasteiger partial charge in [-0.2, -0.15) is 0 Å². The molecule has 1 atom stereocenters. The minimum atomic E-state index is -0.596. The lowest BCUT2D eigenvalue weighted by Crippen LogP contribution is -2.53. The molecule has 2 aliphatic rings. The molecule has 0 bridgehead atoms. The number of nitrogens with zero attached hydrogens (tertiary/aromatic N) is 5. The molecule has 41 heavy (non-hydrogen) atoms. The summed E-state index contributed by atoms with van der Waals surface area (Å²) >= 11 is 6.80. The molecule has 0 saturated carbocycles. The van der Waals surface area contributed by atoms with Gasteiger partial charge in [0.15, 0.2) is 5.82 Å². The van der Waals surface area contributed by atoms with Gasteiger partial charge < -0.3 is 14.9 Å². The summed E-state index contributed by atoms with van der Waals surface area (Å²) in [6.07, 6.45) is 2.76. The molecule has 1 saturated heterocycles. The van der Waals surface area contributed by atoms with Crippen LogP contribution in [0.3, 0.4) is 0 Å². The van der Waals surface area contributed by atoms with Crippen LogP contribution in [0, 0.1) is 0 Å². The Morgan fingerprint density at radius 2 is 1.90 bits per heavy atom. The van der Waals surface area contributed by atoms with Crippen LogP contribution in [0.25, 0.3) is 16.7 Å². The van der Waals surface area contributed by atoms with E-state index in [1.54, 1.807) is 13.1 Å². The minimum Gasteiger partial charge on any atom is -0.511 e. The normalized spacial score (nSPS) is 18.4. The maximum Gasteiger partial charge on any atom is 0.219 e. The van der Waals surface area contributed by atoms with Crippen LogP contribution in [0.1, 0.15) is 31.0 Å². The van der Waals surface area contributed by atoms with Crippen molar-refractivity contribution in [2.75, 3.05) is 38.6 Å². The number of amidine groups is 1. The average molecular weight is 574 g/mol. The Bertz CT molecular complexity index is 1540. The second-order valence-corrected chi connectivity index (χ2v) is 10.7. The zero-order valence-electron chi connectivity index (χ0n) is 23.4. The van der Waals surface area contributed by atoms with E-state index < -0.39 is 5.83 Å². The smallest absolute Gasteiger partial charge is 0.219 e. The topological polar surface area (TPSA) is 72.3 Å². The molecule has 7 nitrogen and oxygen atoms in total. The van der Waals surface area contributed by atoms with E-state index in [4.69, 9.17) is 16.6 Å². The standard InChI is InChI=1S/C32H33ClFN5O2/c1-21-19-37(3)16-17-38(21)31(35-2)24-18-25(33)30(29-26(34)13-9-15-28(29)41)36-32(24)39(20-40)27-14-8-7-12-23(27)22-10-5-4-6-11-22/h4-8,10-14,18,20-21,41H,9,15-17,19H2,1-3H3. The third kappa shape index (κ3) is 5.62. The fraction of sp³-hybridized carbons (Fsp3) is 0.281. The first-order chi connectivity index (χ1) is 19.8. The number of carbonyl (C=O) groups is 1. The molecule has 1 aliphatic carbocycles. The SMILES string of the molecule is CN=C(c1cc(Cl)c(C2=C(O)CCC=C2F)nc1N(C=O)c1ccccc1-c1ccccc1)N1CCN(C)CC1C. The van der Waals surface area contributed by atoms with Gasteiger partial charge in [-0.3, -0.25) is 14.7 Å². The van der Waals surface area contributed by atoms with Gasteiger partial charge >= 0.3 is 0 Å². The molecule has 0 radical (unpaired) electrons. The summed E-state index contributed by atoms with van der Waals surface area (Å²) < 4.78 is 15.1. The first kappa shape index (κ1) is 28.5. The van der Waals surface area contributed by atoms with Crippen LogP contribution in [0.15, 0.2) is 83.3 Å². The number of aromatic nitrogens is 1. The first-order valence-electron chi connectivity index (χ1n) is 13.6. The molecule has 1 unspecified atom stereocenters. The van der Waals surface area contributed by atoms with Gasteiger partial charge in [0.2, 0.25) is 6.41 Å². The highest BCUT2D eigenvalue weighted by Gasteiger charge is 2.31.